The normalized spacial score (nSPS) is 44.0. The molecule has 3 rings (SSSR count). The average Bonchev–Trinajstić information content (AvgIpc) is 2.88. The second-order valence-electron chi connectivity index (χ2n) is 4.76. The number of piperidine rings is 1. The van der Waals surface area contributed by atoms with Crippen molar-refractivity contribution in [1.82, 2.24) is 5.06 Å². The first-order valence-corrected chi connectivity index (χ1v) is 5.71. The molecule has 3 heterocycles. The zero-order chi connectivity index (χ0) is 11.9. The minimum absolute atomic E-state index is 0.0694. The van der Waals surface area contributed by atoms with E-state index in [0.29, 0.717) is 6.04 Å². The standard InChI is InChI=1S/C10H15NO3.C2H4/c1-10-4-3-6-5-7(14-11(6)10)8(10)9(12)13-2;1-2/h6-8H,3-5H2,1-2H3;1-2H2/t6?,7-,8?,10?;/m0./s1. The second kappa shape index (κ2) is 3.86. The Labute approximate surface area is 96.2 Å². The van der Waals surface area contributed by atoms with Gasteiger partial charge in [0, 0.05) is 6.04 Å². The maximum absolute atomic E-state index is 11.7. The molecule has 0 aromatic carbocycles. The number of carbonyl (C=O) groups is 1. The van der Waals surface area contributed by atoms with Gasteiger partial charge in [0.25, 0.3) is 0 Å². The van der Waals surface area contributed by atoms with E-state index in [9.17, 15) is 4.79 Å². The lowest BCUT2D eigenvalue weighted by Crippen LogP contribution is -2.49. The van der Waals surface area contributed by atoms with E-state index in [1.54, 1.807) is 0 Å². The minimum Gasteiger partial charge on any atom is -0.469 e. The molecule has 4 nitrogen and oxygen atoms in total. The molecular formula is C12H19NO3. The summed E-state index contributed by atoms with van der Waals surface area (Å²) in [6.07, 6.45) is 3.27. The molecule has 4 atom stereocenters. The Hall–Kier alpha value is -0.870. The van der Waals surface area contributed by atoms with Gasteiger partial charge in [0.2, 0.25) is 0 Å². The van der Waals surface area contributed by atoms with E-state index >= 15 is 0 Å². The van der Waals surface area contributed by atoms with Crippen molar-refractivity contribution in [2.45, 2.75) is 43.9 Å². The lowest BCUT2D eigenvalue weighted by atomic mass is 9.80. The first kappa shape index (κ1) is 11.6. The average molecular weight is 225 g/mol. The summed E-state index contributed by atoms with van der Waals surface area (Å²) in [5.41, 5.74) is -0.0966. The van der Waals surface area contributed by atoms with Crippen molar-refractivity contribution in [3.8, 4) is 0 Å². The monoisotopic (exact) mass is 225 g/mol. The van der Waals surface area contributed by atoms with Gasteiger partial charge in [0.1, 0.15) is 5.92 Å². The predicted molar refractivity (Wildman–Crippen MR) is 59.5 cm³/mol. The Balaban J connectivity index is 0.000000457. The SMILES string of the molecule is C=C.COC(=O)C1[C@@H]2CC3CCC1(C)N3O2. The van der Waals surface area contributed by atoms with Crippen molar-refractivity contribution >= 4 is 5.97 Å². The van der Waals surface area contributed by atoms with Crippen LogP contribution in [-0.4, -0.2) is 35.8 Å². The van der Waals surface area contributed by atoms with Crippen molar-refractivity contribution in [3.63, 3.8) is 0 Å². The lowest BCUT2D eigenvalue weighted by Gasteiger charge is -2.33. The summed E-state index contributed by atoms with van der Waals surface area (Å²) in [6, 6.07) is 0.547. The molecule has 0 N–H and O–H groups in total. The molecule has 4 heteroatoms. The van der Waals surface area contributed by atoms with Crippen LogP contribution in [0.15, 0.2) is 13.2 Å². The fourth-order valence-corrected chi connectivity index (χ4v) is 3.40. The summed E-state index contributed by atoms with van der Waals surface area (Å²) in [4.78, 5) is 17.4. The van der Waals surface area contributed by atoms with Crippen LogP contribution < -0.4 is 0 Å². The fourth-order valence-electron chi connectivity index (χ4n) is 3.40. The van der Waals surface area contributed by atoms with E-state index < -0.39 is 0 Å². The Kier molecular flexibility index (Phi) is 2.80. The van der Waals surface area contributed by atoms with E-state index in [2.05, 4.69) is 25.1 Å². The molecule has 0 amide bonds. The molecule has 3 aliphatic heterocycles. The third kappa shape index (κ3) is 1.26. The van der Waals surface area contributed by atoms with Crippen LogP contribution in [0.4, 0.5) is 0 Å². The molecule has 0 saturated carbocycles. The molecular weight excluding hydrogens is 206 g/mol. The topological polar surface area (TPSA) is 38.8 Å². The zero-order valence-corrected chi connectivity index (χ0v) is 9.94. The van der Waals surface area contributed by atoms with Gasteiger partial charge >= 0.3 is 5.97 Å². The fraction of sp³-hybridized carbons (Fsp3) is 0.750. The maximum Gasteiger partial charge on any atom is 0.313 e. The highest BCUT2D eigenvalue weighted by Gasteiger charge is 2.66. The Bertz CT molecular complexity index is 307. The highest BCUT2D eigenvalue weighted by molar-refractivity contribution is 5.75. The number of carbonyl (C=O) groups excluding carboxylic acids is 1. The first-order valence-electron chi connectivity index (χ1n) is 5.71. The van der Waals surface area contributed by atoms with Crippen LogP contribution in [-0.2, 0) is 14.4 Å². The van der Waals surface area contributed by atoms with E-state index in [-0.39, 0.29) is 23.5 Å². The number of rotatable bonds is 1. The number of hydrogen-bond acceptors (Lipinski definition) is 4. The molecule has 0 aliphatic carbocycles. The van der Waals surface area contributed by atoms with Crippen LogP contribution in [0, 0.1) is 5.92 Å². The smallest absolute Gasteiger partial charge is 0.313 e. The van der Waals surface area contributed by atoms with Crippen LogP contribution in [0.25, 0.3) is 0 Å². The highest BCUT2D eigenvalue weighted by Crippen LogP contribution is 2.55. The van der Waals surface area contributed by atoms with Gasteiger partial charge < -0.3 is 4.74 Å². The van der Waals surface area contributed by atoms with E-state index in [1.807, 2.05) is 0 Å². The molecule has 3 unspecified atom stereocenters. The van der Waals surface area contributed by atoms with Gasteiger partial charge in [0.05, 0.1) is 18.8 Å². The number of ether oxygens (including phenoxy) is 1. The van der Waals surface area contributed by atoms with Crippen LogP contribution in [0.1, 0.15) is 26.2 Å². The summed E-state index contributed by atoms with van der Waals surface area (Å²) in [5, 5.41) is 2.05. The third-order valence-electron chi connectivity index (χ3n) is 4.07. The van der Waals surface area contributed by atoms with Crippen molar-refractivity contribution in [1.29, 1.82) is 0 Å². The third-order valence-corrected chi connectivity index (χ3v) is 4.07. The molecule has 3 saturated heterocycles. The largest absolute Gasteiger partial charge is 0.469 e. The maximum atomic E-state index is 11.7. The lowest BCUT2D eigenvalue weighted by molar-refractivity contribution is -0.150. The molecule has 2 bridgehead atoms. The summed E-state index contributed by atoms with van der Waals surface area (Å²) < 4.78 is 4.86. The minimum atomic E-state index is -0.111. The van der Waals surface area contributed by atoms with Crippen molar-refractivity contribution in [2.75, 3.05) is 7.11 Å². The van der Waals surface area contributed by atoms with Crippen LogP contribution in [0.2, 0.25) is 0 Å². The molecule has 90 valence electrons. The van der Waals surface area contributed by atoms with Crippen molar-refractivity contribution in [3.05, 3.63) is 13.2 Å². The van der Waals surface area contributed by atoms with E-state index in [1.165, 1.54) is 7.11 Å². The van der Waals surface area contributed by atoms with E-state index in [4.69, 9.17) is 9.57 Å². The predicted octanol–water partition coefficient (Wildman–Crippen LogP) is 1.52. The number of hydroxylamine groups is 2. The van der Waals surface area contributed by atoms with Crippen LogP contribution in [0.3, 0.4) is 0 Å². The second-order valence-corrected chi connectivity index (χ2v) is 4.76. The highest BCUT2D eigenvalue weighted by atomic mass is 16.7. The Morgan fingerprint density at radius 2 is 2.25 bits per heavy atom. The van der Waals surface area contributed by atoms with Crippen LogP contribution in [0.5, 0.6) is 0 Å². The summed E-state index contributed by atoms with van der Waals surface area (Å²) in [7, 11) is 1.46. The quantitative estimate of drug-likeness (QED) is 0.501. The number of hydrogen-bond donors (Lipinski definition) is 0. The van der Waals surface area contributed by atoms with E-state index in [0.717, 1.165) is 19.3 Å². The molecule has 0 aromatic heterocycles. The Morgan fingerprint density at radius 3 is 2.88 bits per heavy atom. The van der Waals surface area contributed by atoms with Gasteiger partial charge in [-0.1, -0.05) is 0 Å². The van der Waals surface area contributed by atoms with Crippen molar-refractivity contribution in [2.24, 2.45) is 5.92 Å². The number of nitrogens with zero attached hydrogens (tertiary/aromatic N) is 1. The van der Waals surface area contributed by atoms with Gasteiger partial charge in [-0.15, -0.1) is 13.2 Å². The molecule has 0 aromatic rings. The molecule has 0 radical (unpaired) electrons. The van der Waals surface area contributed by atoms with Gasteiger partial charge in [-0.2, -0.15) is 5.06 Å². The first-order chi connectivity index (χ1) is 7.66. The van der Waals surface area contributed by atoms with Gasteiger partial charge in [-0.3, -0.25) is 9.63 Å². The molecule has 0 spiro atoms. The zero-order valence-electron chi connectivity index (χ0n) is 9.94. The van der Waals surface area contributed by atoms with Gasteiger partial charge in [-0.05, 0) is 26.2 Å². The molecule has 3 aliphatic rings. The van der Waals surface area contributed by atoms with Gasteiger partial charge in [-0.25, -0.2) is 0 Å². The number of fused-ring (bicyclic) bond motifs is 1. The summed E-state index contributed by atoms with van der Waals surface area (Å²) in [5.74, 6) is -0.188. The van der Waals surface area contributed by atoms with Gasteiger partial charge in [0.15, 0.2) is 0 Å². The Morgan fingerprint density at radius 1 is 1.56 bits per heavy atom. The summed E-state index contributed by atoms with van der Waals surface area (Å²) in [6.45, 7) is 8.12. The summed E-state index contributed by atoms with van der Waals surface area (Å²) >= 11 is 0. The number of methoxy groups -OCH3 is 1. The molecule has 16 heavy (non-hydrogen) atoms. The van der Waals surface area contributed by atoms with Crippen LogP contribution >= 0.6 is 0 Å². The number of esters is 1. The molecule has 3 fully saturated rings. The van der Waals surface area contributed by atoms with Crippen molar-refractivity contribution < 1.29 is 14.4 Å².